The fourth-order valence-corrected chi connectivity index (χ4v) is 3.74. The van der Waals surface area contributed by atoms with Crippen LogP contribution in [0.1, 0.15) is 38.7 Å². The molecule has 0 aromatic heterocycles. The molecule has 0 aliphatic heterocycles. The number of aliphatic hydroxyl groups is 1. The quantitative estimate of drug-likeness (QED) is 0.893. The van der Waals surface area contributed by atoms with E-state index >= 15 is 0 Å². The van der Waals surface area contributed by atoms with Crippen molar-refractivity contribution in [3.63, 3.8) is 0 Å². The van der Waals surface area contributed by atoms with Gasteiger partial charge in [-0.2, -0.15) is 0 Å². The number of nitrogens with two attached hydrogens (primary N) is 1. The Balaban J connectivity index is 2.24. The summed E-state index contributed by atoms with van der Waals surface area (Å²) in [5.41, 5.74) is 7.11. The Kier molecular flexibility index (Phi) is 4.38. The van der Waals surface area contributed by atoms with Gasteiger partial charge in [-0.1, -0.05) is 48.3 Å². The van der Waals surface area contributed by atoms with Crippen LogP contribution < -0.4 is 5.73 Å². The summed E-state index contributed by atoms with van der Waals surface area (Å²) < 4.78 is 1.09. The molecule has 1 saturated carbocycles. The summed E-state index contributed by atoms with van der Waals surface area (Å²) in [6, 6.07) is 8.35. The highest BCUT2D eigenvalue weighted by Gasteiger charge is 2.47. The third kappa shape index (κ3) is 3.04. The van der Waals surface area contributed by atoms with Gasteiger partial charge in [-0.3, -0.25) is 0 Å². The van der Waals surface area contributed by atoms with E-state index in [1.807, 2.05) is 0 Å². The van der Waals surface area contributed by atoms with E-state index in [2.05, 4.69) is 54.0 Å². The van der Waals surface area contributed by atoms with Crippen molar-refractivity contribution in [2.75, 3.05) is 6.54 Å². The highest BCUT2D eigenvalue weighted by Crippen LogP contribution is 2.47. The lowest BCUT2D eigenvalue weighted by Gasteiger charge is -2.49. The van der Waals surface area contributed by atoms with Gasteiger partial charge in [0.15, 0.2) is 0 Å². The zero-order valence-electron chi connectivity index (χ0n) is 11.8. The van der Waals surface area contributed by atoms with Crippen LogP contribution in [0, 0.1) is 10.8 Å². The Morgan fingerprint density at radius 1 is 1.26 bits per heavy atom. The predicted molar refractivity (Wildman–Crippen MR) is 83.0 cm³/mol. The van der Waals surface area contributed by atoms with Gasteiger partial charge in [0.1, 0.15) is 0 Å². The van der Waals surface area contributed by atoms with Crippen LogP contribution in [-0.2, 0) is 6.42 Å². The smallest absolute Gasteiger partial charge is 0.0662 e. The zero-order valence-corrected chi connectivity index (χ0v) is 13.4. The minimum Gasteiger partial charge on any atom is -0.392 e. The Morgan fingerprint density at radius 3 is 2.47 bits per heavy atom. The highest BCUT2D eigenvalue weighted by molar-refractivity contribution is 9.10. The highest BCUT2D eigenvalue weighted by atomic mass is 79.9. The molecule has 0 spiro atoms. The van der Waals surface area contributed by atoms with Gasteiger partial charge in [-0.25, -0.2) is 0 Å². The van der Waals surface area contributed by atoms with E-state index in [4.69, 9.17) is 5.73 Å². The molecule has 3 heteroatoms. The molecule has 0 bridgehead atoms. The lowest BCUT2D eigenvalue weighted by atomic mass is 9.59. The molecule has 1 aliphatic rings. The summed E-state index contributed by atoms with van der Waals surface area (Å²) >= 11 is 3.46. The molecule has 19 heavy (non-hydrogen) atoms. The molecule has 1 aliphatic carbocycles. The molecule has 3 N–H and O–H groups in total. The van der Waals surface area contributed by atoms with Crippen LogP contribution in [-0.4, -0.2) is 17.8 Å². The molecule has 2 unspecified atom stereocenters. The number of hydrogen-bond donors (Lipinski definition) is 2. The van der Waals surface area contributed by atoms with Gasteiger partial charge in [0.2, 0.25) is 0 Å². The molecule has 2 nitrogen and oxygen atoms in total. The first kappa shape index (κ1) is 15.0. The van der Waals surface area contributed by atoms with Gasteiger partial charge in [0.05, 0.1) is 6.10 Å². The third-order valence-corrected chi connectivity index (χ3v) is 5.22. The second-order valence-electron chi connectivity index (χ2n) is 6.61. The van der Waals surface area contributed by atoms with Crippen molar-refractivity contribution in [1.29, 1.82) is 0 Å². The monoisotopic (exact) mass is 325 g/mol. The first-order chi connectivity index (χ1) is 8.89. The summed E-state index contributed by atoms with van der Waals surface area (Å²) in [5.74, 6) is 0. The van der Waals surface area contributed by atoms with Crippen molar-refractivity contribution in [3.05, 3.63) is 34.3 Å². The predicted octanol–water partition coefficient (Wildman–Crippen LogP) is 3.51. The van der Waals surface area contributed by atoms with Crippen molar-refractivity contribution in [3.8, 4) is 0 Å². The summed E-state index contributed by atoms with van der Waals surface area (Å²) in [7, 11) is 0. The molecule has 2 atom stereocenters. The number of benzene rings is 1. The first-order valence-electron chi connectivity index (χ1n) is 7.02. The van der Waals surface area contributed by atoms with Gasteiger partial charge >= 0.3 is 0 Å². The Labute approximate surface area is 124 Å². The molecule has 0 radical (unpaired) electrons. The van der Waals surface area contributed by atoms with Gasteiger partial charge in [0.25, 0.3) is 0 Å². The Hall–Kier alpha value is -0.380. The summed E-state index contributed by atoms with van der Waals surface area (Å²) in [6.45, 7) is 4.86. The average molecular weight is 326 g/mol. The number of halogens is 1. The minimum atomic E-state index is -0.331. The van der Waals surface area contributed by atoms with E-state index in [-0.39, 0.29) is 16.9 Å². The molecular weight excluding hydrogens is 302 g/mol. The van der Waals surface area contributed by atoms with E-state index in [1.54, 1.807) is 0 Å². The van der Waals surface area contributed by atoms with Gasteiger partial charge in [-0.15, -0.1) is 0 Å². The van der Waals surface area contributed by atoms with E-state index in [0.717, 1.165) is 30.2 Å². The maximum atomic E-state index is 10.8. The minimum absolute atomic E-state index is 0.0347. The molecule has 0 saturated heterocycles. The molecule has 106 valence electrons. The van der Waals surface area contributed by atoms with Crippen LogP contribution in [0.4, 0.5) is 0 Å². The van der Waals surface area contributed by atoms with E-state index < -0.39 is 0 Å². The summed E-state index contributed by atoms with van der Waals surface area (Å²) in [6.07, 6.45) is 3.78. The van der Waals surface area contributed by atoms with Crippen LogP contribution in [0.2, 0.25) is 0 Å². The van der Waals surface area contributed by atoms with Crippen molar-refractivity contribution in [1.82, 2.24) is 0 Å². The molecule has 0 heterocycles. The topological polar surface area (TPSA) is 46.2 Å². The molecule has 1 fully saturated rings. The van der Waals surface area contributed by atoms with Crippen LogP contribution in [0.5, 0.6) is 0 Å². The molecular formula is C16H24BrNO. The van der Waals surface area contributed by atoms with Gasteiger partial charge < -0.3 is 10.8 Å². The summed E-state index contributed by atoms with van der Waals surface area (Å²) in [4.78, 5) is 0. The third-order valence-electron chi connectivity index (χ3n) is 4.69. The normalized spacial score (nSPS) is 30.3. The SMILES string of the molecule is CC1(C)CCCC(CN)(Cc2ccc(Br)cc2)C1O. The molecule has 1 aromatic rings. The number of hydrogen-bond acceptors (Lipinski definition) is 2. The molecule has 0 amide bonds. The zero-order chi connectivity index (χ0) is 14.1. The summed E-state index contributed by atoms with van der Waals surface area (Å²) in [5, 5.41) is 10.8. The van der Waals surface area contributed by atoms with Crippen LogP contribution in [0.25, 0.3) is 0 Å². The largest absolute Gasteiger partial charge is 0.392 e. The van der Waals surface area contributed by atoms with Crippen LogP contribution in [0.15, 0.2) is 28.7 Å². The fraction of sp³-hybridized carbons (Fsp3) is 0.625. The maximum absolute atomic E-state index is 10.8. The fourth-order valence-electron chi connectivity index (χ4n) is 3.48. The standard InChI is InChI=1S/C16H24BrNO/c1-15(2)8-3-9-16(11-18,14(15)19)10-12-4-6-13(17)7-5-12/h4-7,14,19H,3,8-11,18H2,1-2H3. The second-order valence-corrected chi connectivity index (χ2v) is 7.53. The van der Waals surface area contributed by atoms with E-state index in [0.29, 0.717) is 6.54 Å². The number of rotatable bonds is 3. The Morgan fingerprint density at radius 2 is 1.89 bits per heavy atom. The lowest BCUT2D eigenvalue weighted by Crippen LogP contribution is -2.53. The van der Waals surface area contributed by atoms with Crippen LogP contribution >= 0.6 is 15.9 Å². The van der Waals surface area contributed by atoms with Gasteiger partial charge in [-0.05, 0) is 42.4 Å². The first-order valence-corrected chi connectivity index (χ1v) is 7.81. The van der Waals surface area contributed by atoms with Crippen molar-refractivity contribution in [2.45, 2.75) is 45.6 Å². The van der Waals surface area contributed by atoms with Crippen molar-refractivity contribution in [2.24, 2.45) is 16.6 Å². The molecule has 2 rings (SSSR count). The van der Waals surface area contributed by atoms with Crippen molar-refractivity contribution < 1.29 is 5.11 Å². The van der Waals surface area contributed by atoms with Crippen molar-refractivity contribution >= 4 is 15.9 Å². The lowest BCUT2D eigenvalue weighted by molar-refractivity contribution is -0.0884. The average Bonchev–Trinajstić information content (AvgIpc) is 2.38. The Bertz CT molecular complexity index is 429. The number of aliphatic hydroxyl groups excluding tert-OH is 1. The van der Waals surface area contributed by atoms with E-state index in [1.165, 1.54) is 5.56 Å². The molecule has 1 aromatic carbocycles. The maximum Gasteiger partial charge on any atom is 0.0662 e. The second kappa shape index (κ2) is 5.55. The van der Waals surface area contributed by atoms with Gasteiger partial charge in [0, 0.05) is 16.4 Å². The van der Waals surface area contributed by atoms with Crippen LogP contribution in [0.3, 0.4) is 0 Å². The van der Waals surface area contributed by atoms with E-state index in [9.17, 15) is 5.11 Å².